The predicted molar refractivity (Wildman–Crippen MR) is 61.6 cm³/mol. The van der Waals surface area contributed by atoms with Crippen LogP contribution in [0.5, 0.6) is 0 Å². The van der Waals surface area contributed by atoms with Crippen LogP contribution in [0.1, 0.15) is 36.4 Å². The number of nitrogens with zero attached hydrogens (tertiary/aromatic N) is 1. The minimum atomic E-state index is -0.309. The first-order valence-corrected chi connectivity index (χ1v) is 5.52. The molecular formula is C11H19N3O2. The number of nitrogens with two attached hydrogens (primary N) is 1. The number of hydrogen-bond donors (Lipinski definition) is 2. The highest BCUT2D eigenvalue weighted by Gasteiger charge is 2.15. The van der Waals surface area contributed by atoms with Crippen LogP contribution in [0.3, 0.4) is 0 Å². The molecule has 0 saturated heterocycles. The van der Waals surface area contributed by atoms with Gasteiger partial charge in [0.1, 0.15) is 5.76 Å². The van der Waals surface area contributed by atoms with Crippen LogP contribution in [-0.4, -0.2) is 23.9 Å². The number of nitrogens with one attached hydrogen (secondary N) is 1. The molecule has 16 heavy (non-hydrogen) atoms. The van der Waals surface area contributed by atoms with Crippen LogP contribution >= 0.6 is 0 Å². The van der Waals surface area contributed by atoms with Gasteiger partial charge in [0, 0.05) is 0 Å². The molecule has 90 valence electrons. The highest BCUT2D eigenvalue weighted by atomic mass is 16.3. The molecule has 0 fully saturated rings. The van der Waals surface area contributed by atoms with Crippen molar-refractivity contribution in [2.45, 2.75) is 26.8 Å². The first-order chi connectivity index (χ1) is 7.72. The minimum absolute atomic E-state index is 0.309. The fourth-order valence-corrected chi connectivity index (χ4v) is 1.61. The van der Waals surface area contributed by atoms with E-state index in [1.165, 1.54) is 6.26 Å². The van der Waals surface area contributed by atoms with Gasteiger partial charge in [0.15, 0.2) is 0 Å². The Hall–Kier alpha value is -1.33. The second-order valence-corrected chi connectivity index (χ2v) is 3.60. The zero-order valence-electron chi connectivity index (χ0n) is 9.82. The van der Waals surface area contributed by atoms with Crippen molar-refractivity contribution >= 4 is 5.91 Å². The van der Waals surface area contributed by atoms with E-state index in [1.807, 2.05) is 0 Å². The molecule has 0 aromatic carbocycles. The van der Waals surface area contributed by atoms with Gasteiger partial charge in [-0.1, -0.05) is 13.8 Å². The second kappa shape index (κ2) is 6.30. The van der Waals surface area contributed by atoms with Gasteiger partial charge in [-0.15, -0.1) is 0 Å². The van der Waals surface area contributed by atoms with Crippen molar-refractivity contribution in [3.8, 4) is 0 Å². The number of furan rings is 1. The number of amides is 1. The Morgan fingerprint density at radius 2 is 2.31 bits per heavy atom. The average molecular weight is 225 g/mol. The van der Waals surface area contributed by atoms with Crippen molar-refractivity contribution < 1.29 is 9.21 Å². The van der Waals surface area contributed by atoms with E-state index in [9.17, 15) is 4.79 Å². The van der Waals surface area contributed by atoms with Crippen LogP contribution in [0.25, 0.3) is 0 Å². The summed E-state index contributed by atoms with van der Waals surface area (Å²) in [5.41, 5.74) is 2.62. The summed E-state index contributed by atoms with van der Waals surface area (Å²) in [7, 11) is 0. The summed E-state index contributed by atoms with van der Waals surface area (Å²) in [5.74, 6) is 5.46. The summed E-state index contributed by atoms with van der Waals surface area (Å²) in [6, 6.07) is 1.64. The number of nitrogen functional groups attached to an aromatic ring is 1. The third-order valence-corrected chi connectivity index (χ3v) is 2.48. The standard InChI is InChI=1S/C11H19N3O2/c1-3-6-14(4-2)8-10-9(5-7-16-10)11(15)13-12/h5,7H,3-4,6,8,12H2,1-2H3,(H,13,15). The van der Waals surface area contributed by atoms with E-state index in [4.69, 9.17) is 10.3 Å². The summed E-state index contributed by atoms with van der Waals surface area (Å²) in [4.78, 5) is 13.6. The van der Waals surface area contributed by atoms with E-state index in [1.54, 1.807) is 6.07 Å². The lowest BCUT2D eigenvalue weighted by molar-refractivity contribution is 0.0950. The smallest absolute Gasteiger partial charge is 0.268 e. The Morgan fingerprint density at radius 3 is 2.88 bits per heavy atom. The lowest BCUT2D eigenvalue weighted by Gasteiger charge is -2.18. The molecule has 1 amide bonds. The van der Waals surface area contributed by atoms with Crippen LogP contribution in [0.15, 0.2) is 16.7 Å². The molecule has 1 heterocycles. The maximum atomic E-state index is 11.4. The van der Waals surface area contributed by atoms with Crippen LogP contribution in [-0.2, 0) is 6.54 Å². The van der Waals surface area contributed by atoms with E-state index < -0.39 is 0 Å². The maximum Gasteiger partial charge on any atom is 0.268 e. The Morgan fingerprint density at radius 1 is 1.56 bits per heavy atom. The quantitative estimate of drug-likeness (QED) is 0.432. The third-order valence-electron chi connectivity index (χ3n) is 2.48. The molecule has 1 aromatic heterocycles. The summed E-state index contributed by atoms with van der Waals surface area (Å²) < 4.78 is 5.31. The predicted octanol–water partition coefficient (Wildman–Crippen LogP) is 1.11. The molecular weight excluding hydrogens is 206 g/mol. The fourth-order valence-electron chi connectivity index (χ4n) is 1.61. The molecule has 3 N–H and O–H groups in total. The van der Waals surface area contributed by atoms with E-state index >= 15 is 0 Å². The van der Waals surface area contributed by atoms with E-state index in [0.29, 0.717) is 17.9 Å². The molecule has 1 aromatic rings. The summed E-state index contributed by atoms with van der Waals surface area (Å²) in [5, 5.41) is 0. The molecule has 0 saturated carbocycles. The Bertz CT molecular complexity index is 336. The SMILES string of the molecule is CCCN(CC)Cc1occc1C(=O)NN. The monoisotopic (exact) mass is 225 g/mol. The van der Waals surface area contributed by atoms with Gasteiger partial charge < -0.3 is 4.42 Å². The molecule has 0 aliphatic heterocycles. The van der Waals surface area contributed by atoms with Crippen molar-refractivity contribution in [2.24, 2.45) is 5.84 Å². The highest BCUT2D eigenvalue weighted by molar-refractivity contribution is 5.94. The van der Waals surface area contributed by atoms with Gasteiger partial charge in [0.05, 0.1) is 18.4 Å². The van der Waals surface area contributed by atoms with Crippen LogP contribution < -0.4 is 11.3 Å². The van der Waals surface area contributed by atoms with Crippen molar-refractivity contribution in [3.63, 3.8) is 0 Å². The Kier molecular flexibility index (Phi) is 5.01. The summed E-state index contributed by atoms with van der Waals surface area (Å²) in [6.45, 7) is 6.76. The number of carbonyl (C=O) groups excluding carboxylic acids is 1. The Balaban J connectivity index is 2.72. The van der Waals surface area contributed by atoms with Crippen molar-refractivity contribution in [1.29, 1.82) is 0 Å². The lowest BCUT2D eigenvalue weighted by atomic mass is 10.2. The van der Waals surface area contributed by atoms with Crippen molar-refractivity contribution in [2.75, 3.05) is 13.1 Å². The van der Waals surface area contributed by atoms with E-state index in [2.05, 4.69) is 24.2 Å². The maximum absolute atomic E-state index is 11.4. The molecule has 0 aliphatic carbocycles. The van der Waals surface area contributed by atoms with Crippen LogP contribution in [0, 0.1) is 0 Å². The van der Waals surface area contributed by atoms with Gasteiger partial charge in [-0.2, -0.15) is 0 Å². The van der Waals surface area contributed by atoms with Crippen molar-refractivity contribution in [1.82, 2.24) is 10.3 Å². The van der Waals surface area contributed by atoms with Gasteiger partial charge in [-0.3, -0.25) is 15.1 Å². The Labute approximate surface area is 95.6 Å². The molecule has 0 radical (unpaired) electrons. The number of hydrazine groups is 1. The first kappa shape index (κ1) is 12.7. The van der Waals surface area contributed by atoms with Gasteiger partial charge in [-0.05, 0) is 25.6 Å². The van der Waals surface area contributed by atoms with Crippen molar-refractivity contribution in [3.05, 3.63) is 23.7 Å². The van der Waals surface area contributed by atoms with Crippen LogP contribution in [0.4, 0.5) is 0 Å². The summed E-state index contributed by atoms with van der Waals surface area (Å²) in [6.07, 6.45) is 2.59. The van der Waals surface area contributed by atoms with Gasteiger partial charge >= 0.3 is 0 Å². The highest BCUT2D eigenvalue weighted by Crippen LogP contribution is 2.13. The number of hydrogen-bond acceptors (Lipinski definition) is 4. The third kappa shape index (κ3) is 3.08. The molecule has 0 bridgehead atoms. The van der Waals surface area contributed by atoms with E-state index in [0.717, 1.165) is 19.5 Å². The minimum Gasteiger partial charge on any atom is -0.467 e. The summed E-state index contributed by atoms with van der Waals surface area (Å²) >= 11 is 0. The molecule has 5 heteroatoms. The zero-order chi connectivity index (χ0) is 12.0. The second-order valence-electron chi connectivity index (χ2n) is 3.60. The molecule has 1 rings (SSSR count). The first-order valence-electron chi connectivity index (χ1n) is 5.52. The molecule has 0 spiro atoms. The largest absolute Gasteiger partial charge is 0.467 e. The molecule has 0 atom stereocenters. The topological polar surface area (TPSA) is 71.5 Å². The van der Waals surface area contributed by atoms with Gasteiger partial charge in [0.25, 0.3) is 5.91 Å². The normalized spacial score (nSPS) is 10.8. The molecule has 0 aliphatic rings. The number of rotatable bonds is 6. The van der Waals surface area contributed by atoms with E-state index in [-0.39, 0.29) is 5.91 Å². The molecule has 0 unspecified atom stereocenters. The van der Waals surface area contributed by atoms with Gasteiger partial charge in [-0.25, -0.2) is 5.84 Å². The lowest BCUT2D eigenvalue weighted by Crippen LogP contribution is -2.31. The molecule has 5 nitrogen and oxygen atoms in total. The average Bonchev–Trinajstić information content (AvgIpc) is 2.75. The fraction of sp³-hybridized carbons (Fsp3) is 0.545. The number of carbonyl (C=O) groups is 1. The van der Waals surface area contributed by atoms with Gasteiger partial charge in [0.2, 0.25) is 0 Å². The zero-order valence-corrected chi connectivity index (χ0v) is 9.82. The van der Waals surface area contributed by atoms with Crippen LogP contribution in [0.2, 0.25) is 0 Å².